The van der Waals surface area contributed by atoms with Crippen LogP contribution in [0, 0.1) is 11.3 Å². The topological polar surface area (TPSA) is 104 Å². The lowest BCUT2D eigenvalue weighted by atomic mass is 9.89. The molecule has 0 saturated carbocycles. The number of fused-ring (bicyclic) bond motifs is 1. The Hall–Kier alpha value is -3.26. The summed E-state index contributed by atoms with van der Waals surface area (Å²) in [5.74, 6) is 2.44. The number of aromatic nitrogens is 2. The van der Waals surface area contributed by atoms with Gasteiger partial charge in [0.05, 0.1) is 37.8 Å². The molecule has 1 fully saturated rings. The third kappa shape index (κ3) is 3.09. The van der Waals surface area contributed by atoms with Crippen molar-refractivity contribution in [3.05, 3.63) is 47.2 Å². The van der Waals surface area contributed by atoms with Crippen LogP contribution in [0.25, 0.3) is 11.6 Å². The van der Waals surface area contributed by atoms with Crippen LogP contribution in [0.5, 0.6) is 11.5 Å². The molecule has 1 saturated heterocycles. The number of aliphatic hydroxyl groups is 1. The summed E-state index contributed by atoms with van der Waals surface area (Å²) in [4.78, 5) is 9.93. The summed E-state index contributed by atoms with van der Waals surface area (Å²) in [6.45, 7) is 3.06. The molecule has 5 rings (SSSR count). The van der Waals surface area contributed by atoms with E-state index in [1.54, 1.807) is 20.3 Å². The number of methoxy groups -OCH3 is 2. The smallest absolute Gasteiger partial charge is 0.145 e. The Balaban J connectivity index is 1.64. The average Bonchev–Trinajstić information content (AvgIpc) is 3.29. The summed E-state index contributed by atoms with van der Waals surface area (Å²) >= 11 is 0. The molecule has 1 aromatic heterocycles. The molecule has 2 unspecified atom stereocenters. The second kappa shape index (κ2) is 7.70. The van der Waals surface area contributed by atoms with Crippen molar-refractivity contribution in [1.82, 2.24) is 9.97 Å². The number of amidine groups is 1. The van der Waals surface area contributed by atoms with Gasteiger partial charge in [-0.25, -0.2) is 4.98 Å². The van der Waals surface area contributed by atoms with Crippen molar-refractivity contribution < 1.29 is 19.3 Å². The lowest BCUT2D eigenvalue weighted by Gasteiger charge is -2.42. The number of nitrogens with one attached hydrogen (secondary N) is 2. The third-order valence-electron chi connectivity index (χ3n) is 6.54. The summed E-state index contributed by atoms with van der Waals surface area (Å²) in [6.07, 6.45) is 6.42. The van der Waals surface area contributed by atoms with Gasteiger partial charge in [-0.2, -0.15) is 0 Å². The molecule has 32 heavy (non-hydrogen) atoms. The number of nitrogens with zero attached hydrogens (tertiary/aromatic N) is 2. The van der Waals surface area contributed by atoms with Crippen LogP contribution in [0.1, 0.15) is 37.0 Å². The molecule has 168 valence electrons. The van der Waals surface area contributed by atoms with E-state index < -0.39 is 5.54 Å². The van der Waals surface area contributed by atoms with E-state index in [1.165, 1.54) is 0 Å². The predicted molar refractivity (Wildman–Crippen MR) is 123 cm³/mol. The Morgan fingerprint density at radius 2 is 2.00 bits per heavy atom. The fourth-order valence-corrected chi connectivity index (χ4v) is 4.92. The number of H-pyrrole nitrogens is 1. The fourth-order valence-electron chi connectivity index (χ4n) is 4.92. The summed E-state index contributed by atoms with van der Waals surface area (Å²) in [5.41, 5.74) is 2.12. The van der Waals surface area contributed by atoms with Crippen molar-refractivity contribution in [1.29, 1.82) is 5.41 Å². The number of benzene rings is 1. The number of aromatic amines is 1. The van der Waals surface area contributed by atoms with Crippen molar-refractivity contribution in [2.24, 2.45) is 5.92 Å². The van der Waals surface area contributed by atoms with Gasteiger partial charge in [0.2, 0.25) is 0 Å². The number of anilines is 1. The molecule has 2 aliphatic heterocycles. The minimum atomic E-state index is -0.877. The molecule has 8 nitrogen and oxygen atoms in total. The van der Waals surface area contributed by atoms with E-state index in [0.717, 1.165) is 24.2 Å². The second-order valence-electron chi connectivity index (χ2n) is 8.66. The minimum absolute atomic E-state index is 0.118. The normalized spacial score (nSPS) is 24.9. The Morgan fingerprint density at radius 3 is 2.66 bits per heavy atom. The van der Waals surface area contributed by atoms with E-state index >= 15 is 0 Å². The summed E-state index contributed by atoms with van der Waals surface area (Å²) in [6, 6.07) is 5.48. The van der Waals surface area contributed by atoms with E-state index in [-0.39, 0.29) is 18.2 Å². The number of hydrogen-bond acceptors (Lipinski definition) is 6. The van der Waals surface area contributed by atoms with E-state index in [1.807, 2.05) is 23.1 Å². The van der Waals surface area contributed by atoms with E-state index in [2.05, 4.69) is 18.0 Å². The van der Waals surface area contributed by atoms with Crippen LogP contribution in [0.4, 0.5) is 5.69 Å². The maximum absolute atomic E-state index is 11.6. The number of aliphatic hydroxyl groups excluding tert-OH is 1. The van der Waals surface area contributed by atoms with Crippen molar-refractivity contribution in [2.75, 3.05) is 32.3 Å². The fraction of sp³-hybridized carbons (Fsp3) is 0.417. The van der Waals surface area contributed by atoms with Gasteiger partial charge in [0.25, 0.3) is 0 Å². The van der Waals surface area contributed by atoms with Crippen molar-refractivity contribution in [3.8, 4) is 11.5 Å². The van der Waals surface area contributed by atoms with Crippen LogP contribution in [-0.2, 0) is 11.2 Å². The molecule has 0 amide bonds. The lowest BCUT2D eigenvalue weighted by Crippen LogP contribution is -2.54. The minimum Gasteiger partial charge on any atom is -0.509 e. The molecule has 2 atom stereocenters. The van der Waals surface area contributed by atoms with Crippen LogP contribution < -0.4 is 14.4 Å². The highest BCUT2D eigenvalue weighted by Gasteiger charge is 2.53. The summed E-state index contributed by atoms with van der Waals surface area (Å²) in [7, 11) is 3.19. The maximum atomic E-state index is 11.6. The summed E-state index contributed by atoms with van der Waals surface area (Å²) < 4.78 is 16.8. The van der Waals surface area contributed by atoms with Gasteiger partial charge in [0.1, 0.15) is 34.5 Å². The van der Waals surface area contributed by atoms with Gasteiger partial charge >= 0.3 is 0 Å². The first-order valence-electron chi connectivity index (χ1n) is 10.9. The van der Waals surface area contributed by atoms with Gasteiger partial charge < -0.3 is 29.2 Å². The maximum Gasteiger partial charge on any atom is 0.145 e. The first kappa shape index (κ1) is 20.6. The quantitative estimate of drug-likeness (QED) is 0.671. The zero-order valence-corrected chi connectivity index (χ0v) is 18.6. The van der Waals surface area contributed by atoms with E-state index in [4.69, 9.17) is 24.6 Å². The number of ether oxygens (including phenoxy) is 3. The monoisotopic (exact) mass is 436 g/mol. The standard InChI is InChI=1S/C24H28N4O4/c1-14-5-6-18-19(9-14)27-23(26-18)20-21(29)24(7-4-8-32-13-24)28(22(20)25)15-10-16(30-2)12-17(11-15)31-3/h5-6,10-12,14,25,29H,4,7-9,13H2,1-3H3,(H,26,27). The van der Waals surface area contributed by atoms with Gasteiger partial charge in [-0.15, -0.1) is 0 Å². The Labute approximate surface area is 187 Å². The molecule has 3 N–H and O–H groups in total. The molecule has 0 radical (unpaired) electrons. The third-order valence-corrected chi connectivity index (χ3v) is 6.54. The second-order valence-corrected chi connectivity index (χ2v) is 8.66. The molecule has 8 heteroatoms. The van der Waals surface area contributed by atoms with Crippen molar-refractivity contribution in [3.63, 3.8) is 0 Å². The molecular formula is C24H28N4O4. The molecule has 1 aromatic carbocycles. The molecular weight excluding hydrogens is 408 g/mol. The Kier molecular flexibility index (Phi) is 4.97. The molecule has 1 aliphatic carbocycles. The highest BCUT2D eigenvalue weighted by molar-refractivity contribution is 6.31. The molecule has 1 spiro atoms. The predicted octanol–water partition coefficient (Wildman–Crippen LogP) is 3.95. The van der Waals surface area contributed by atoms with Gasteiger partial charge in [0.15, 0.2) is 0 Å². The molecule has 3 heterocycles. The number of rotatable bonds is 4. The van der Waals surface area contributed by atoms with Gasteiger partial charge in [0, 0.05) is 30.5 Å². The SMILES string of the molecule is COc1cc(OC)cc(N2C(=N)C(c3nc4c([nH]3)CC(C)C=C4)=C(O)C23CCCOC3)c1. The highest BCUT2D eigenvalue weighted by atomic mass is 16.5. The van der Waals surface area contributed by atoms with Gasteiger partial charge in [-0.1, -0.05) is 13.0 Å². The van der Waals surface area contributed by atoms with Crippen LogP contribution in [0.2, 0.25) is 0 Å². The van der Waals surface area contributed by atoms with E-state index in [0.29, 0.717) is 47.5 Å². The highest BCUT2D eigenvalue weighted by Crippen LogP contribution is 2.47. The lowest BCUT2D eigenvalue weighted by molar-refractivity contribution is 0.0400. The van der Waals surface area contributed by atoms with Crippen molar-refractivity contribution in [2.45, 2.75) is 31.7 Å². The van der Waals surface area contributed by atoms with Gasteiger partial charge in [-0.05, 0) is 31.3 Å². The van der Waals surface area contributed by atoms with Gasteiger partial charge in [-0.3, -0.25) is 5.41 Å². The van der Waals surface area contributed by atoms with Crippen LogP contribution in [0.3, 0.4) is 0 Å². The first-order valence-corrected chi connectivity index (χ1v) is 10.9. The average molecular weight is 437 g/mol. The number of allylic oxidation sites excluding steroid dienone is 1. The number of imidazole rings is 1. The van der Waals surface area contributed by atoms with Crippen molar-refractivity contribution >= 4 is 23.2 Å². The zero-order chi connectivity index (χ0) is 22.5. The van der Waals surface area contributed by atoms with Crippen LogP contribution in [-0.4, -0.2) is 53.9 Å². The largest absolute Gasteiger partial charge is 0.509 e. The molecule has 2 aromatic rings. The number of hydrogen-bond donors (Lipinski definition) is 3. The van der Waals surface area contributed by atoms with Crippen LogP contribution >= 0.6 is 0 Å². The molecule has 0 bridgehead atoms. The Bertz CT molecular complexity index is 1100. The molecule has 3 aliphatic rings. The zero-order valence-electron chi connectivity index (χ0n) is 18.6. The Morgan fingerprint density at radius 1 is 1.25 bits per heavy atom. The first-order chi connectivity index (χ1) is 15.5. The summed E-state index contributed by atoms with van der Waals surface area (Å²) in [5, 5.41) is 20.7. The van der Waals surface area contributed by atoms with Crippen LogP contribution in [0.15, 0.2) is 30.0 Å². The van der Waals surface area contributed by atoms with E-state index in [9.17, 15) is 5.11 Å².